The highest BCUT2D eigenvalue weighted by atomic mass is 32.2. The minimum atomic E-state index is -3.51. The zero-order valence-corrected chi connectivity index (χ0v) is 31.3. The zero-order valence-electron chi connectivity index (χ0n) is 30.4. The topological polar surface area (TPSA) is 226 Å². The van der Waals surface area contributed by atoms with Crippen LogP contribution in [-0.2, 0) is 46.8 Å². The summed E-state index contributed by atoms with van der Waals surface area (Å²) in [4.78, 5) is 65.1. The van der Waals surface area contributed by atoms with Crippen molar-refractivity contribution in [3.63, 3.8) is 0 Å². The standard InChI is InChI=1S/C36H54N6O8S/c1-8-23(6)33(35(46)41-32(22(4)5)36(47)48)40-30(44)20-27(37)28(18-24-13-10-9-11-14-24)38-34(45)31(21(2)3)39-29(43)19-25-15-12-16-26(17-25)42-51(7,49)50/h9-17,21-23,27-28,31-33,42H,8,18-20,37H2,1-7H3,(H,38,45)(H,39,43)(H,40,44)(H,41,46)(H,47,48)/t23-,27?,28?,31-,32-,33-/m0/s1. The fourth-order valence-electron chi connectivity index (χ4n) is 5.40. The molecule has 0 fully saturated rings. The number of benzene rings is 2. The van der Waals surface area contributed by atoms with E-state index in [2.05, 4.69) is 26.0 Å². The number of aliphatic carboxylic acids is 1. The van der Waals surface area contributed by atoms with Crippen LogP contribution in [0.15, 0.2) is 54.6 Å². The lowest BCUT2D eigenvalue weighted by Crippen LogP contribution is -2.58. The van der Waals surface area contributed by atoms with Gasteiger partial charge in [0.25, 0.3) is 0 Å². The molecule has 0 bridgehead atoms. The molecule has 0 aliphatic carbocycles. The van der Waals surface area contributed by atoms with Crippen molar-refractivity contribution in [1.29, 1.82) is 0 Å². The highest BCUT2D eigenvalue weighted by Crippen LogP contribution is 2.15. The Morgan fingerprint density at radius 3 is 1.86 bits per heavy atom. The fourth-order valence-corrected chi connectivity index (χ4v) is 5.96. The van der Waals surface area contributed by atoms with Crippen molar-refractivity contribution in [3.8, 4) is 0 Å². The van der Waals surface area contributed by atoms with Gasteiger partial charge in [-0.2, -0.15) is 0 Å². The van der Waals surface area contributed by atoms with Crippen molar-refractivity contribution in [3.05, 3.63) is 65.7 Å². The summed E-state index contributed by atoms with van der Waals surface area (Å²) in [6.07, 6.45) is 1.45. The number of amides is 4. The second kappa shape index (κ2) is 19.8. The van der Waals surface area contributed by atoms with E-state index in [1.807, 2.05) is 37.3 Å². The van der Waals surface area contributed by atoms with Crippen molar-refractivity contribution in [2.24, 2.45) is 23.5 Å². The third-order valence-corrected chi connectivity index (χ3v) is 9.07. The maximum absolute atomic E-state index is 13.7. The van der Waals surface area contributed by atoms with E-state index in [0.29, 0.717) is 17.7 Å². The van der Waals surface area contributed by atoms with E-state index in [4.69, 9.17) is 5.73 Å². The first-order valence-corrected chi connectivity index (χ1v) is 19.0. The Morgan fingerprint density at radius 1 is 0.745 bits per heavy atom. The molecule has 51 heavy (non-hydrogen) atoms. The van der Waals surface area contributed by atoms with Crippen molar-refractivity contribution < 1.29 is 37.5 Å². The molecular formula is C36H54N6O8S. The zero-order chi connectivity index (χ0) is 38.5. The first kappa shape index (κ1) is 42.7. The van der Waals surface area contributed by atoms with E-state index in [1.165, 1.54) is 6.07 Å². The summed E-state index contributed by atoms with van der Waals surface area (Å²) in [6.45, 7) is 10.5. The van der Waals surface area contributed by atoms with Gasteiger partial charge in [-0.15, -0.1) is 0 Å². The van der Waals surface area contributed by atoms with Gasteiger partial charge < -0.3 is 32.1 Å². The highest BCUT2D eigenvalue weighted by molar-refractivity contribution is 7.92. The number of rotatable bonds is 20. The number of nitrogens with one attached hydrogen (secondary N) is 5. The predicted molar refractivity (Wildman–Crippen MR) is 196 cm³/mol. The lowest BCUT2D eigenvalue weighted by atomic mass is 9.94. The Kier molecular flexibility index (Phi) is 16.5. The van der Waals surface area contributed by atoms with Crippen LogP contribution in [0.25, 0.3) is 0 Å². The van der Waals surface area contributed by atoms with Crippen molar-refractivity contribution >= 4 is 45.3 Å². The molecule has 15 heteroatoms. The normalized spacial score (nSPS) is 15.1. The number of nitrogens with two attached hydrogens (primary N) is 1. The van der Waals surface area contributed by atoms with Gasteiger partial charge in [0.15, 0.2) is 0 Å². The first-order valence-electron chi connectivity index (χ1n) is 17.1. The summed E-state index contributed by atoms with van der Waals surface area (Å²) in [6, 6.07) is 10.8. The van der Waals surface area contributed by atoms with Gasteiger partial charge in [-0.25, -0.2) is 13.2 Å². The van der Waals surface area contributed by atoms with E-state index in [0.717, 1.165) is 11.8 Å². The molecule has 2 aromatic rings. The molecule has 14 nitrogen and oxygen atoms in total. The van der Waals surface area contributed by atoms with E-state index in [1.54, 1.807) is 52.8 Å². The van der Waals surface area contributed by atoms with Crippen LogP contribution in [0, 0.1) is 17.8 Å². The van der Waals surface area contributed by atoms with Gasteiger partial charge in [0.05, 0.1) is 12.7 Å². The van der Waals surface area contributed by atoms with Crippen LogP contribution in [0.4, 0.5) is 5.69 Å². The minimum Gasteiger partial charge on any atom is -0.480 e. The molecule has 2 unspecified atom stereocenters. The number of carbonyl (C=O) groups is 5. The number of carbonyl (C=O) groups excluding carboxylic acids is 4. The van der Waals surface area contributed by atoms with Crippen molar-refractivity contribution in [1.82, 2.24) is 21.3 Å². The summed E-state index contributed by atoms with van der Waals surface area (Å²) in [5, 5.41) is 20.5. The van der Waals surface area contributed by atoms with E-state index < -0.39 is 69.8 Å². The van der Waals surface area contributed by atoms with Crippen LogP contribution >= 0.6 is 0 Å². The second-order valence-corrected chi connectivity index (χ2v) is 15.5. The largest absolute Gasteiger partial charge is 0.480 e. The molecular weight excluding hydrogens is 676 g/mol. The van der Waals surface area contributed by atoms with Crippen LogP contribution in [0.2, 0.25) is 0 Å². The number of hydrogen-bond acceptors (Lipinski definition) is 8. The van der Waals surface area contributed by atoms with Crippen molar-refractivity contribution in [2.45, 2.75) is 97.4 Å². The van der Waals surface area contributed by atoms with E-state index in [-0.39, 0.29) is 37.0 Å². The monoisotopic (exact) mass is 730 g/mol. The quantitative estimate of drug-likeness (QED) is 0.106. The van der Waals surface area contributed by atoms with Crippen LogP contribution in [0.5, 0.6) is 0 Å². The van der Waals surface area contributed by atoms with E-state index in [9.17, 15) is 37.5 Å². The molecule has 8 N–H and O–H groups in total. The molecule has 282 valence electrons. The lowest BCUT2D eigenvalue weighted by molar-refractivity contribution is -0.143. The molecule has 0 heterocycles. The summed E-state index contributed by atoms with van der Waals surface area (Å²) < 4.78 is 25.6. The van der Waals surface area contributed by atoms with Gasteiger partial charge in [0.2, 0.25) is 33.7 Å². The number of sulfonamides is 1. The average Bonchev–Trinajstić information content (AvgIpc) is 3.03. The number of carboxylic acid groups (broad SMARTS) is 1. The molecule has 0 aromatic heterocycles. The average molecular weight is 731 g/mol. The summed E-state index contributed by atoms with van der Waals surface area (Å²) >= 11 is 0. The Hall–Kier alpha value is -4.50. The smallest absolute Gasteiger partial charge is 0.326 e. The van der Waals surface area contributed by atoms with Crippen molar-refractivity contribution in [2.75, 3.05) is 11.0 Å². The van der Waals surface area contributed by atoms with Gasteiger partial charge in [-0.05, 0) is 47.4 Å². The molecule has 0 aliphatic heterocycles. The molecule has 6 atom stereocenters. The Balaban J connectivity index is 2.22. The lowest BCUT2D eigenvalue weighted by Gasteiger charge is -2.30. The third-order valence-electron chi connectivity index (χ3n) is 8.47. The molecule has 0 saturated carbocycles. The summed E-state index contributed by atoms with van der Waals surface area (Å²) in [5.74, 6) is -4.34. The second-order valence-electron chi connectivity index (χ2n) is 13.7. The van der Waals surface area contributed by atoms with Gasteiger partial charge >= 0.3 is 5.97 Å². The van der Waals surface area contributed by atoms with Crippen LogP contribution < -0.4 is 31.7 Å². The minimum absolute atomic E-state index is 0.113. The summed E-state index contributed by atoms with van der Waals surface area (Å²) in [5.41, 5.74) is 8.27. The van der Waals surface area contributed by atoms with E-state index >= 15 is 0 Å². The fraction of sp³-hybridized carbons (Fsp3) is 0.528. The maximum atomic E-state index is 13.7. The number of anilines is 1. The maximum Gasteiger partial charge on any atom is 0.326 e. The molecule has 0 radical (unpaired) electrons. The highest BCUT2D eigenvalue weighted by Gasteiger charge is 2.33. The number of carboxylic acids is 1. The third kappa shape index (κ3) is 14.7. The Morgan fingerprint density at radius 2 is 1.31 bits per heavy atom. The van der Waals surface area contributed by atoms with Crippen LogP contribution in [0.1, 0.15) is 65.5 Å². The molecule has 2 rings (SSSR count). The summed E-state index contributed by atoms with van der Waals surface area (Å²) in [7, 11) is -3.51. The van der Waals surface area contributed by atoms with Gasteiger partial charge in [-0.1, -0.05) is 90.4 Å². The van der Waals surface area contributed by atoms with Gasteiger partial charge in [0.1, 0.15) is 18.1 Å². The molecule has 0 saturated heterocycles. The number of hydrogen-bond donors (Lipinski definition) is 7. The molecule has 2 aromatic carbocycles. The Bertz CT molecular complexity index is 1600. The first-order chi connectivity index (χ1) is 23.8. The predicted octanol–water partition coefficient (Wildman–Crippen LogP) is 1.94. The van der Waals surface area contributed by atoms with Gasteiger partial charge in [-0.3, -0.25) is 23.9 Å². The molecule has 0 spiro atoms. The van der Waals surface area contributed by atoms with Gasteiger partial charge in [0, 0.05) is 24.2 Å². The van der Waals surface area contributed by atoms with Crippen LogP contribution in [0.3, 0.4) is 0 Å². The SMILES string of the molecule is CC[C@H](C)[C@H](NC(=O)CC(N)C(Cc1ccccc1)NC(=O)[C@@H](NC(=O)Cc1cccc(NS(C)(=O)=O)c1)C(C)C)C(=O)N[C@H](C(=O)O)C(C)C. The molecule has 4 amide bonds. The van der Waals surface area contributed by atoms with Crippen LogP contribution in [-0.4, -0.2) is 79.6 Å². The molecule has 0 aliphatic rings. The Labute approximate surface area is 301 Å².